The Morgan fingerprint density at radius 1 is 1.16 bits per heavy atom. The number of aromatic nitrogens is 3. The number of halogens is 1. The fourth-order valence-electron chi connectivity index (χ4n) is 3.93. The summed E-state index contributed by atoms with van der Waals surface area (Å²) in [6.07, 6.45) is 3.43. The zero-order valence-electron chi connectivity index (χ0n) is 18.0. The molecule has 3 heterocycles. The van der Waals surface area contributed by atoms with Gasteiger partial charge < -0.3 is 10.2 Å². The molecule has 0 spiro atoms. The van der Waals surface area contributed by atoms with Crippen molar-refractivity contribution in [2.45, 2.75) is 13.8 Å². The normalized spacial score (nSPS) is 14.2. The van der Waals surface area contributed by atoms with E-state index in [1.807, 2.05) is 13.8 Å². The maximum absolute atomic E-state index is 13.8. The number of anilines is 2. The molecule has 164 valence electrons. The minimum atomic E-state index is -0.385. The van der Waals surface area contributed by atoms with Gasteiger partial charge in [0, 0.05) is 44.3 Å². The topological polar surface area (TPSA) is 90.1 Å². The predicted molar refractivity (Wildman–Crippen MR) is 119 cm³/mol. The first-order valence-corrected chi connectivity index (χ1v) is 10.4. The average Bonchev–Trinajstić information content (AvgIpc) is 3.03. The third kappa shape index (κ3) is 4.31. The summed E-state index contributed by atoms with van der Waals surface area (Å²) in [6.45, 7) is 6.70. The van der Waals surface area contributed by atoms with Gasteiger partial charge in [-0.3, -0.25) is 14.3 Å². The zero-order valence-corrected chi connectivity index (χ0v) is 18.0. The SMILES string of the molecule is Cc1c(C#N)c(NC(=O)CN2CCN(c3ncccn3)CC2)n(-c2cccc(F)c2)c1C. The van der Waals surface area contributed by atoms with E-state index in [9.17, 15) is 14.4 Å². The van der Waals surface area contributed by atoms with Gasteiger partial charge in [-0.25, -0.2) is 14.4 Å². The highest BCUT2D eigenvalue weighted by Gasteiger charge is 2.24. The summed E-state index contributed by atoms with van der Waals surface area (Å²) in [4.78, 5) is 25.6. The number of rotatable bonds is 5. The van der Waals surface area contributed by atoms with E-state index in [1.54, 1.807) is 35.2 Å². The fraction of sp³-hybridized carbons (Fsp3) is 0.304. The van der Waals surface area contributed by atoms with Crippen LogP contribution in [-0.4, -0.2) is 58.1 Å². The number of hydrogen-bond donors (Lipinski definition) is 1. The van der Waals surface area contributed by atoms with Crippen molar-refractivity contribution in [2.24, 2.45) is 0 Å². The highest BCUT2D eigenvalue weighted by Crippen LogP contribution is 2.30. The lowest BCUT2D eigenvalue weighted by atomic mass is 10.2. The number of nitriles is 1. The number of benzene rings is 1. The van der Waals surface area contributed by atoms with Gasteiger partial charge in [0.2, 0.25) is 11.9 Å². The molecule has 1 fully saturated rings. The van der Waals surface area contributed by atoms with Crippen molar-refractivity contribution in [3.8, 4) is 11.8 Å². The summed E-state index contributed by atoms with van der Waals surface area (Å²) in [5.74, 6) is 0.453. The molecule has 2 aromatic heterocycles. The number of amides is 1. The van der Waals surface area contributed by atoms with Crippen LogP contribution >= 0.6 is 0 Å². The van der Waals surface area contributed by atoms with Crippen molar-refractivity contribution in [3.63, 3.8) is 0 Å². The molecule has 32 heavy (non-hydrogen) atoms. The van der Waals surface area contributed by atoms with E-state index in [-0.39, 0.29) is 18.3 Å². The van der Waals surface area contributed by atoms with Gasteiger partial charge in [0.1, 0.15) is 17.7 Å². The Morgan fingerprint density at radius 2 is 1.88 bits per heavy atom. The predicted octanol–water partition coefficient (Wildman–Crippen LogP) is 2.66. The molecule has 0 unspecified atom stereocenters. The first-order valence-electron chi connectivity index (χ1n) is 10.4. The van der Waals surface area contributed by atoms with Gasteiger partial charge in [-0.05, 0) is 43.7 Å². The van der Waals surface area contributed by atoms with Crippen LogP contribution in [0.25, 0.3) is 5.69 Å². The fourth-order valence-corrected chi connectivity index (χ4v) is 3.93. The lowest BCUT2D eigenvalue weighted by Crippen LogP contribution is -2.49. The second-order valence-electron chi connectivity index (χ2n) is 7.72. The number of nitrogens with one attached hydrogen (secondary N) is 1. The number of carbonyl (C=O) groups is 1. The molecular formula is C23H24FN7O. The molecule has 1 saturated heterocycles. The van der Waals surface area contributed by atoms with Gasteiger partial charge in [0.15, 0.2) is 0 Å². The van der Waals surface area contributed by atoms with E-state index in [1.165, 1.54) is 12.1 Å². The molecule has 1 aliphatic rings. The quantitative estimate of drug-likeness (QED) is 0.665. The molecule has 4 rings (SSSR count). The molecule has 1 amide bonds. The van der Waals surface area contributed by atoms with Crippen molar-refractivity contribution < 1.29 is 9.18 Å². The molecule has 0 atom stereocenters. The van der Waals surface area contributed by atoms with Crippen LogP contribution in [-0.2, 0) is 4.79 Å². The van der Waals surface area contributed by atoms with Crippen LogP contribution in [0.15, 0.2) is 42.7 Å². The molecule has 8 nitrogen and oxygen atoms in total. The molecule has 9 heteroatoms. The van der Waals surface area contributed by atoms with Crippen molar-refractivity contribution in [2.75, 3.05) is 42.9 Å². The number of carbonyl (C=O) groups excluding carboxylic acids is 1. The van der Waals surface area contributed by atoms with E-state index >= 15 is 0 Å². The van der Waals surface area contributed by atoms with Gasteiger partial charge in [-0.1, -0.05) is 6.07 Å². The van der Waals surface area contributed by atoms with Gasteiger partial charge in [-0.2, -0.15) is 5.26 Å². The van der Waals surface area contributed by atoms with Gasteiger partial charge in [0.25, 0.3) is 0 Å². The van der Waals surface area contributed by atoms with E-state index in [0.29, 0.717) is 36.1 Å². The summed E-state index contributed by atoms with van der Waals surface area (Å²) in [5, 5.41) is 12.6. The first kappa shape index (κ1) is 21.5. The summed E-state index contributed by atoms with van der Waals surface area (Å²) in [5.41, 5.74) is 2.47. The Hall–Kier alpha value is -3.77. The molecule has 0 saturated carbocycles. The van der Waals surface area contributed by atoms with E-state index in [4.69, 9.17) is 0 Å². The Bertz CT molecular complexity index is 1160. The maximum Gasteiger partial charge on any atom is 0.239 e. The van der Waals surface area contributed by atoms with Crippen LogP contribution in [0.3, 0.4) is 0 Å². The Labute approximate surface area is 185 Å². The molecular weight excluding hydrogens is 409 g/mol. The Balaban J connectivity index is 1.48. The second-order valence-corrected chi connectivity index (χ2v) is 7.72. The van der Waals surface area contributed by atoms with Crippen LogP contribution in [0.2, 0.25) is 0 Å². The van der Waals surface area contributed by atoms with E-state index in [0.717, 1.165) is 24.3 Å². The minimum Gasteiger partial charge on any atom is -0.338 e. The largest absolute Gasteiger partial charge is 0.338 e. The summed E-state index contributed by atoms with van der Waals surface area (Å²) in [7, 11) is 0. The summed E-state index contributed by atoms with van der Waals surface area (Å²) < 4.78 is 15.6. The Morgan fingerprint density at radius 3 is 2.53 bits per heavy atom. The number of hydrogen-bond acceptors (Lipinski definition) is 6. The summed E-state index contributed by atoms with van der Waals surface area (Å²) >= 11 is 0. The van der Waals surface area contributed by atoms with Crippen molar-refractivity contribution in [1.82, 2.24) is 19.4 Å². The van der Waals surface area contributed by atoms with Crippen LogP contribution < -0.4 is 10.2 Å². The second kappa shape index (κ2) is 9.16. The van der Waals surface area contributed by atoms with Crippen molar-refractivity contribution in [3.05, 3.63) is 65.4 Å². The van der Waals surface area contributed by atoms with E-state index in [2.05, 4.69) is 31.2 Å². The van der Waals surface area contributed by atoms with Crippen molar-refractivity contribution in [1.29, 1.82) is 5.26 Å². The smallest absolute Gasteiger partial charge is 0.239 e. The molecule has 3 aromatic rings. The van der Waals surface area contributed by atoms with E-state index < -0.39 is 0 Å². The van der Waals surface area contributed by atoms with Crippen LogP contribution in [0.1, 0.15) is 16.8 Å². The Kier molecular flexibility index (Phi) is 6.14. The maximum atomic E-state index is 13.8. The first-order chi connectivity index (χ1) is 15.5. The zero-order chi connectivity index (χ0) is 22.7. The molecule has 1 N–H and O–H groups in total. The van der Waals surface area contributed by atoms with Gasteiger partial charge >= 0.3 is 0 Å². The third-order valence-electron chi connectivity index (χ3n) is 5.72. The average molecular weight is 433 g/mol. The molecule has 1 aliphatic heterocycles. The highest BCUT2D eigenvalue weighted by atomic mass is 19.1. The van der Waals surface area contributed by atoms with Gasteiger partial charge in [0.05, 0.1) is 17.8 Å². The molecule has 1 aromatic carbocycles. The monoisotopic (exact) mass is 433 g/mol. The minimum absolute atomic E-state index is 0.195. The molecule has 0 radical (unpaired) electrons. The van der Waals surface area contributed by atoms with Crippen molar-refractivity contribution >= 4 is 17.7 Å². The standard InChI is InChI=1S/C23H24FN7O/c1-16-17(2)31(19-6-3-5-18(24)13-19)22(20(16)14-25)28-21(32)15-29-9-11-30(12-10-29)23-26-7-4-8-27-23/h3-8,13H,9-12,15H2,1-2H3,(H,28,32). The highest BCUT2D eigenvalue weighted by molar-refractivity contribution is 5.93. The molecule has 0 bridgehead atoms. The third-order valence-corrected chi connectivity index (χ3v) is 5.72. The summed E-state index contributed by atoms with van der Waals surface area (Å²) in [6, 6.07) is 10.1. The lowest BCUT2D eigenvalue weighted by molar-refractivity contribution is -0.117. The van der Waals surface area contributed by atoms with Crippen LogP contribution in [0, 0.1) is 31.0 Å². The molecule has 0 aliphatic carbocycles. The van der Waals surface area contributed by atoms with Crippen LogP contribution in [0.5, 0.6) is 0 Å². The van der Waals surface area contributed by atoms with Crippen LogP contribution in [0.4, 0.5) is 16.2 Å². The lowest BCUT2D eigenvalue weighted by Gasteiger charge is -2.34. The number of nitrogens with zero attached hydrogens (tertiary/aromatic N) is 6. The van der Waals surface area contributed by atoms with Gasteiger partial charge in [-0.15, -0.1) is 0 Å². The number of piperazine rings is 1.